The topological polar surface area (TPSA) is 83.7 Å². The van der Waals surface area contributed by atoms with Gasteiger partial charge in [-0.3, -0.25) is 4.79 Å². The largest absolute Gasteiger partial charge is 0.377 e. The zero-order valence-electron chi connectivity index (χ0n) is 10.8. The minimum absolute atomic E-state index is 0.0481. The molecule has 0 saturated heterocycles. The highest BCUT2D eigenvalue weighted by molar-refractivity contribution is 7.89. The first-order valence-electron chi connectivity index (χ1n) is 5.21. The smallest absolute Gasteiger partial charge is 0.250 e. The Morgan fingerprint density at radius 1 is 1.17 bits per heavy atom. The van der Waals surface area contributed by atoms with Crippen molar-refractivity contribution < 1.29 is 13.2 Å². The number of anilines is 1. The molecule has 0 aromatic heterocycles. The first-order valence-corrected chi connectivity index (χ1v) is 6.65. The van der Waals surface area contributed by atoms with Crippen molar-refractivity contribution in [1.29, 1.82) is 0 Å². The van der Waals surface area contributed by atoms with Crippen LogP contribution >= 0.6 is 0 Å². The molecule has 7 heteroatoms. The lowest BCUT2D eigenvalue weighted by molar-refractivity contribution is 0.100. The number of sulfonamides is 1. The lowest BCUT2D eigenvalue weighted by atomic mass is 10.1. The molecule has 0 bridgehead atoms. The monoisotopic (exact) mass is 271 g/mol. The Balaban J connectivity index is 3.46. The fourth-order valence-corrected chi connectivity index (χ4v) is 2.40. The second kappa shape index (κ2) is 4.95. The van der Waals surface area contributed by atoms with Crippen molar-refractivity contribution in [3.05, 3.63) is 23.8 Å². The van der Waals surface area contributed by atoms with Gasteiger partial charge in [0.25, 0.3) is 5.91 Å². The summed E-state index contributed by atoms with van der Waals surface area (Å²) in [7, 11) is 2.79. The van der Waals surface area contributed by atoms with Gasteiger partial charge in [-0.05, 0) is 18.2 Å². The summed E-state index contributed by atoms with van der Waals surface area (Å²) in [5.41, 5.74) is 6.03. The lowest BCUT2D eigenvalue weighted by Crippen LogP contribution is -2.24. The number of nitrogens with zero attached hydrogens (tertiary/aromatic N) is 2. The van der Waals surface area contributed by atoms with E-state index in [9.17, 15) is 13.2 Å². The molecule has 0 atom stereocenters. The minimum atomic E-state index is -3.57. The van der Waals surface area contributed by atoms with Crippen LogP contribution in [-0.2, 0) is 10.0 Å². The minimum Gasteiger partial charge on any atom is -0.377 e. The first kappa shape index (κ1) is 14.5. The summed E-state index contributed by atoms with van der Waals surface area (Å²) in [5, 5.41) is 0. The molecule has 0 radical (unpaired) electrons. The van der Waals surface area contributed by atoms with Crippen molar-refractivity contribution in [2.45, 2.75) is 4.90 Å². The summed E-state index contributed by atoms with van der Waals surface area (Å²) >= 11 is 0. The maximum atomic E-state index is 11.9. The fraction of sp³-hybridized carbons (Fsp3) is 0.364. The Morgan fingerprint density at radius 3 is 2.11 bits per heavy atom. The molecule has 0 aliphatic rings. The number of carbonyl (C=O) groups excluding carboxylic acids is 1. The van der Waals surface area contributed by atoms with Crippen molar-refractivity contribution in [2.75, 3.05) is 33.1 Å². The second-order valence-electron chi connectivity index (χ2n) is 4.23. The molecular formula is C11H17N3O3S. The molecule has 0 aliphatic heterocycles. The summed E-state index contributed by atoms with van der Waals surface area (Å²) in [4.78, 5) is 13.1. The number of carbonyl (C=O) groups is 1. The third kappa shape index (κ3) is 2.62. The summed E-state index contributed by atoms with van der Waals surface area (Å²) in [6.45, 7) is 0. The predicted octanol–water partition coefficient (Wildman–Crippen LogP) is 0.102. The molecule has 2 N–H and O–H groups in total. The third-order valence-corrected chi connectivity index (χ3v) is 4.30. The number of rotatable bonds is 4. The van der Waals surface area contributed by atoms with Crippen LogP contribution in [0.5, 0.6) is 0 Å². The van der Waals surface area contributed by atoms with E-state index < -0.39 is 15.9 Å². The Hall–Kier alpha value is -1.60. The van der Waals surface area contributed by atoms with Gasteiger partial charge in [0.05, 0.1) is 10.5 Å². The van der Waals surface area contributed by atoms with Crippen molar-refractivity contribution >= 4 is 21.6 Å². The van der Waals surface area contributed by atoms with E-state index in [4.69, 9.17) is 5.73 Å². The van der Waals surface area contributed by atoms with E-state index in [2.05, 4.69) is 0 Å². The Kier molecular flexibility index (Phi) is 3.98. The SMILES string of the molecule is CN(C)c1ccc(S(=O)(=O)N(C)C)cc1C(N)=O. The molecule has 0 spiro atoms. The number of benzene rings is 1. The van der Waals surface area contributed by atoms with Gasteiger partial charge in [0.1, 0.15) is 0 Å². The third-order valence-electron chi connectivity index (χ3n) is 2.49. The van der Waals surface area contributed by atoms with Crippen molar-refractivity contribution in [1.82, 2.24) is 4.31 Å². The van der Waals surface area contributed by atoms with Crippen LogP contribution in [0.3, 0.4) is 0 Å². The number of hydrogen-bond acceptors (Lipinski definition) is 4. The maximum Gasteiger partial charge on any atom is 0.250 e. The van der Waals surface area contributed by atoms with Crippen LogP contribution in [0, 0.1) is 0 Å². The lowest BCUT2D eigenvalue weighted by Gasteiger charge is -2.18. The highest BCUT2D eigenvalue weighted by atomic mass is 32.2. The average Bonchev–Trinajstić information content (AvgIpc) is 2.27. The van der Waals surface area contributed by atoms with Crippen molar-refractivity contribution in [2.24, 2.45) is 5.73 Å². The van der Waals surface area contributed by atoms with Gasteiger partial charge in [0, 0.05) is 33.9 Å². The van der Waals surface area contributed by atoms with E-state index in [1.807, 2.05) is 0 Å². The molecule has 0 saturated carbocycles. The van der Waals surface area contributed by atoms with Gasteiger partial charge >= 0.3 is 0 Å². The van der Waals surface area contributed by atoms with E-state index >= 15 is 0 Å². The van der Waals surface area contributed by atoms with E-state index in [0.717, 1.165) is 4.31 Å². The normalized spacial score (nSPS) is 11.6. The second-order valence-corrected chi connectivity index (χ2v) is 6.38. The fourth-order valence-electron chi connectivity index (χ4n) is 1.47. The van der Waals surface area contributed by atoms with E-state index in [1.165, 1.54) is 26.2 Å². The zero-order chi connectivity index (χ0) is 14.1. The Morgan fingerprint density at radius 2 is 1.72 bits per heavy atom. The number of hydrogen-bond donors (Lipinski definition) is 1. The van der Waals surface area contributed by atoms with Crippen LogP contribution in [0.15, 0.2) is 23.1 Å². The molecule has 1 aromatic carbocycles. The van der Waals surface area contributed by atoms with Crippen molar-refractivity contribution in [3.8, 4) is 0 Å². The number of amides is 1. The molecule has 1 rings (SSSR count). The van der Waals surface area contributed by atoms with Crippen LogP contribution < -0.4 is 10.6 Å². The summed E-state index contributed by atoms with van der Waals surface area (Å²) in [6.07, 6.45) is 0. The average molecular weight is 271 g/mol. The van der Waals surface area contributed by atoms with E-state index in [0.29, 0.717) is 5.69 Å². The highest BCUT2D eigenvalue weighted by Crippen LogP contribution is 2.23. The first-order chi connectivity index (χ1) is 8.17. The van der Waals surface area contributed by atoms with Gasteiger partial charge in [-0.25, -0.2) is 12.7 Å². The van der Waals surface area contributed by atoms with Crippen LogP contribution in [0.2, 0.25) is 0 Å². The summed E-state index contributed by atoms with van der Waals surface area (Å²) < 4.78 is 25.0. The van der Waals surface area contributed by atoms with Gasteiger partial charge in [-0.1, -0.05) is 0 Å². The maximum absolute atomic E-state index is 11.9. The molecule has 0 aliphatic carbocycles. The molecule has 1 aromatic rings. The van der Waals surface area contributed by atoms with Crippen LogP contribution in [0.25, 0.3) is 0 Å². The van der Waals surface area contributed by atoms with Crippen molar-refractivity contribution in [3.63, 3.8) is 0 Å². The van der Waals surface area contributed by atoms with Crippen LogP contribution in [0.4, 0.5) is 5.69 Å². The van der Waals surface area contributed by atoms with Gasteiger partial charge in [-0.15, -0.1) is 0 Å². The molecular weight excluding hydrogens is 254 g/mol. The molecule has 0 unspecified atom stereocenters. The van der Waals surface area contributed by atoms with Crippen LogP contribution in [0.1, 0.15) is 10.4 Å². The molecule has 6 nitrogen and oxygen atoms in total. The van der Waals surface area contributed by atoms with E-state index in [1.54, 1.807) is 25.1 Å². The molecule has 0 fully saturated rings. The number of nitrogens with two attached hydrogens (primary N) is 1. The summed E-state index contributed by atoms with van der Waals surface area (Å²) in [6, 6.07) is 4.32. The summed E-state index contributed by atoms with van der Waals surface area (Å²) in [5.74, 6) is -0.658. The van der Waals surface area contributed by atoms with Gasteiger partial charge in [0.2, 0.25) is 10.0 Å². The van der Waals surface area contributed by atoms with Gasteiger partial charge in [0.15, 0.2) is 0 Å². The van der Waals surface area contributed by atoms with E-state index in [-0.39, 0.29) is 10.5 Å². The highest BCUT2D eigenvalue weighted by Gasteiger charge is 2.20. The van der Waals surface area contributed by atoms with Crippen LogP contribution in [-0.4, -0.2) is 46.8 Å². The standard InChI is InChI=1S/C11H17N3O3S/c1-13(2)10-6-5-8(7-9(10)11(12)15)18(16,17)14(3)4/h5-7H,1-4H3,(H2,12,15). The predicted molar refractivity (Wildman–Crippen MR) is 70.2 cm³/mol. The molecule has 0 heterocycles. The van der Waals surface area contributed by atoms with Gasteiger partial charge in [-0.2, -0.15) is 0 Å². The molecule has 1 amide bonds. The molecule has 100 valence electrons. The van der Waals surface area contributed by atoms with Gasteiger partial charge < -0.3 is 10.6 Å². The number of primary amides is 1. The quantitative estimate of drug-likeness (QED) is 0.842. The zero-order valence-corrected chi connectivity index (χ0v) is 11.7. The Bertz CT molecular complexity index is 565. The Labute approximate surface area is 107 Å². The molecule has 18 heavy (non-hydrogen) atoms.